The van der Waals surface area contributed by atoms with Gasteiger partial charge in [-0.15, -0.1) is 0 Å². The van der Waals surface area contributed by atoms with Crippen molar-refractivity contribution in [2.75, 3.05) is 11.1 Å². The van der Waals surface area contributed by atoms with E-state index in [1.807, 2.05) is 42.5 Å². The Morgan fingerprint density at radius 2 is 1.67 bits per heavy atom. The fourth-order valence-corrected chi connectivity index (χ4v) is 1.43. The zero-order chi connectivity index (χ0) is 10.7. The van der Waals surface area contributed by atoms with Crippen LogP contribution in [0.4, 0.5) is 17.1 Å². The lowest BCUT2D eigenvalue weighted by Gasteiger charge is -2.07. The molecule has 0 aliphatic rings. The Bertz CT molecular complexity index is 454. The van der Waals surface area contributed by atoms with E-state index in [1.54, 1.807) is 6.07 Å². The minimum absolute atomic E-state index is 0.577. The molecule has 0 unspecified atom stereocenters. The van der Waals surface area contributed by atoms with E-state index in [-0.39, 0.29) is 0 Å². The van der Waals surface area contributed by atoms with Crippen LogP contribution in [0.3, 0.4) is 0 Å². The van der Waals surface area contributed by atoms with E-state index < -0.39 is 0 Å². The Labute approximate surface area is 93.7 Å². The van der Waals surface area contributed by atoms with Crippen LogP contribution in [0.2, 0.25) is 5.02 Å². The highest BCUT2D eigenvalue weighted by molar-refractivity contribution is 6.33. The van der Waals surface area contributed by atoms with Gasteiger partial charge >= 0.3 is 0 Å². The maximum absolute atomic E-state index is 5.83. The van der Waals surface area contributed by atoms with Gasteiger partial charge in [-0.05, 0) is 30.3 Å². The molecule has 2 nitrogen and oxygen atoms in total. The molecule has 76 valence electrons. The molecule has 15 heavy (non-hydrogen) atoms. The van der Waals surface area contributed by atoms with Gasteiger partial charge in [-0.2, -0.15) is 0 Å². The van der Waals surface area contributed by atoms with Crippen LogP contribution < -0.4 is 11.1 Å². The zero-order valence-corrected chi connectivity index (χ0v) is 8.83. The van der Waals surface area contributed by atoms with Crippen LogP contribution in [0, 0.1) is 0 Å². The van der Waals surface area contributed by atoms with E-state index in [0.29, 0.717) is 10.7 Å². The minimum Gasteiger partial charge on any atom is -0.397 e. The number of para-hydroxylation sites is 1. The van der Waals surface area contributed by atoms with Gasteiger partial charge in [0.15, 0.2) is 0 Å². The van der Waals surface area contributed by atoms with Crippen LogP contribution in [0.1, 0.15) is 0 Å². The van der Waals surface area contributed by atoms with Gasteiger partial charge in [-0.25, -0.2) is 0 Å². The molecule has 0 atom stereocenters. The maximum atomic E-state index is 5.83. The third-order valence-electron chi connectivity index (χ3n) is 2.06. The molecule has 0 aliphatic heterocycles. The highest BCUT2D eigenvalue weighted by Gasteiger charge is 1.98. The lowest BCUT2D eigenvalue weighted by Crippen LogP contribution is -1.92. The molecule has 0 saturated heterocycles. The highest BCUT2D eigenvalue weighted by atomic mass is 35.5. The third-order valence-corrected chi connectivity index (χ3v) is 2.40. The first-order valence-electron chi connectivity index (χ1n) is 4.63. The number of hydrogen-bond acceptors (Lipinski definition) is 2. The number of hydrogen-bond donors (Lipinski definition) is 2. The van der Waals surface area contributed by atoms with E-state index in [4.69, 9.17) is 17.3 Å². The third kappa shape index (κ3) is 2.42. The lowest BCUT2D eigenvalue weighted by molar-refractivity contribution is 1.55. The molecule has 2 rings (SSSR count). The Balaban J connectivity index is 2.22. The van der Waals surface area contributed by atoms with Crippen molar-refractivity contribution in [3.63, 3.8) is 0 Å². The fourth-order valence-electron chi connectivity index (χ4n) is 1.31. The van der Waals surface area contributed by atoms with Crippen LogP contribution in [0.15, 0.2) is 48.5 Å². The van der Waals surface area contributed by atoms with Crippen molar-refractivity contribution in [1.82, 2.24) is 0 Å². The molecular weight excluding hydrogens is 208 g/mol. The quantitative estimate of drug-likeness (QED) is 0.755. The molecular formula is C12H11ClN2. The minimum atomic E-state index is 0.577. The van der Waals surface area contributed by atoms with Gasteiger partial charge in [0.05, 0.1) is 10.7 Å². The molecule has 0 bridgehead atoms. The largest absolute Gasteiger partial charge is 0.397 e. The summed E-state index contributed by atoms with van der Waals surface area (Å²) in [5, 5.41) is 3.81. The second kappa shape index (κ2) is 4.24. The lowest BCUT2D eigenvalue weighted by atomic mass is 10.2. The average molecular weight is 219 g/mol. The van der Waals surface area contributed by atoms with E-state index in [2.05, 4.69) is 5.32 Å². The van der Waals surface area contributed by atoms with Crippen molar-refractivity contribution >= 4 is 28.7 Å². The van der Waals surface area contributed by atoms with E-state index in [9.17, 15) is 0 Å². The summed E-state index contributed by atoms with van der Waals surface area (Å²) < 4.78 is 0. The SMILES string of the molecule is Nc1cc(Nc2ccccc2)ccc1Cl. The molecule has 2 aromatic rings. The number of anilines is 3. The number of nitrogens with one attached hydrogen (secondary N) is 1. The molecule has 0 aliphatic carbocycles. The molecule has 2 aromatic carbocycles. The molecule has 0 saturated carbocycles. The van der Waals surface area contributed by atoms with Gasteiger partial charge in [0.1, 0.15) is 0 Å². The highest BCUT2D eigenvalue weighted by Crippen LogP contribution is 2.24. The number of halogens is 1. The smallest absolute Gasteiger partial charge is 0.0636 e. The second-order valence-electron chi connectivity index (χ2n) is 3.23. The van der Waals surface area contributed by atoms with Crippen molar-refractivity contribution in [2.24, 2.45) is 0 Å². The standard InChI is InChI=1S/C12H11ClN2/c13-11-7-6-10(8-12(11)14)15-9-4-2-1-3-5-9/h1-8,15H,14H2. The summed E-state index contributed by atoms with van der Waals surface area (Å²) in [4.78, 5) is 0. The number of rotatable bonds is 2. The summed E-state index contributed by atoms with van der Waals surface area (Å²) in [6.45, 7) is 0. The summed E-state index contributed by atoms with van der Waals surface area (Å²) in [7, 11) is 0. The first-order valence-corrected chi connectivity index (χ1v) is 5.00. The predicted molar refractivity (Wildman–Crippen MR) is 65.6 cm³/mol. The van der Waals surface area contributed by atoms with E-state index in [0.717, 1.165) is 11.4 Å². The molecule has 3 heteroatoms. The summed E-state index contributed by atoms with van der Waals surface area (Å²) in [5.74, 6) is 0. The van der Waals surface area contributed by atoms with Crippen molar-refractivity contribution in [2.45, 2.75) is 0 Å². The molecule has 0 radical (unpaired) electrons. The first-order chi connectivity index (χ1) is 7.25. The van der Waals surface area contributed by atoms with Crippen LogP contribution in [-0.4, -0.2) is 0 Å². The molecule has 0 heterocycles. The van der Waals surface area contributed by atoms with Crippen LogP contribution in [0.25, 0.3) is 0 Å². The second-order valence-corrected chi connectivity index (χ2v) is 3.63. The van der Waals surface area contributed by atoms with E-state index in [1.165, 1.54) is 0 Å². The predicted octanol–water partition coefficient (Wildman–Crippen LogP) is 3.67. The number of nitrogens with two attached hydrogens (primary N) is 1. The van der Waals surface area contributed by atoms with Crippen LogP contribution in [0.5, 0.6) is 0 Å². The Kier molecular flexibility index (Phi) is 2.79. The van der Waals surface area contributed by atoms with Gasteiger partial charge in [-0.1, -0.05) is 29.8 Å². The first kappa shape index (κ1) is 9.87. The van der Waals surface area contributed by atoms with Crippen LogP contribution >= 0.6 is 11.6 Å². The number of benzene rings is 2. The molecule has 0 spiro atoms. The van der Waals surface area contributed by atoms with Gasteiger partial charge < -0.3 is 11.1 Å². The Morgan fingerprint density at radius 1 is 0.933 bits per heavy atom. The Morgan fingerprint density at radius 3 is 2.33 bits per heavy atom. The van der Waals surface area contributed by atoms with Gasteiger partial charge in [0.25, 0.3) is 0 Å². The average Bonchev–Trinajstić information content (AvgIpc) is 2.25. The Hall–Kier alpha value is -1.67. The maximum Gasteiger partial charge on any atom is 0.0636 e. The zero-order valence-electron chi connectivity index (χ0n) is 8.07. The van der Waals surface area contributed by atoms with Crippen molar-refractivity contribution < 1.29 is 0 Å². The van der Waals surface area contributed by atoms with Crippen molar-refractivity contribution in [3.05, 3.63) is 53.6 Å². The van der Waals surface area contributed by atoms with Gasteiger partial charge in [0.2, 0.25) is 0 Å². The molecule has 0 aromatic heterocycles. The van der Waals surface area contributed by atoms with Crippen molar-refractivity contribution in [3.8, 4) is 0 Å². The molecule has 0 fully saturated rings. The number of nitrogen functional groups attached to an aromatic ring is 1. The fraction of sp³-hybridized carbons (Fsp3) is 0. The molecule has 3 N–H and O–H groups in total. The molecule has 0 amide bonds. The summed E-state index contributed by atoms with van der Waals surface area (Å²) >= 11 is 5.83. The summed E-state index contributed by atoms with van der Waals surface area (Å²) in [6, 6.07) is 15.4. The van der Waals surface area contributed by atoms with Crippen LogP contribution in [-0.2, 0) is 0 Å². The topological polar surface area (TPSA) is 38.0 Å². The van der Waals surface area contributed by atoms with E-state index >= 15 is 0 Å². The summed E-state index contributed by atoms with van der Waals surface area (Å²) in [6.07, 6.45) is 0. The normalized spacial score (nSPS) is 9.93. The monoisotopic (exact) mass is 218 g/mol. The van der Waals surface area contributed by atoms with Crippen molar-refractivity contribution in [1.29, 1.82) is 0 Å². The van der Waals surface area contributed by atoms with Gasteiger partial charge in [0, 0.05) is 11.4 Å². The van der Waals surface area contributed by atoms with Gasteiger partial charge in [-0.3, -0.25) is 0 Å². The summed E-state index contributed by atoms with van der Waals surface area (Å²) in [5.41, 5.74) is 8.24.